The van der Waals surface area contributed by atoms with Gasteiger partial charge in [0.15, 0.2) is 5.75 Å². The molecule has 2 heterocycles. The molecule has 3 rings (SSSR count). The highest BCUT2D eigenvalue weighted by atomic mass is 19.4. The standard InChI is InChI=1S/C18H21F3N4O2/c1-12-3-2-4-16(18(19,20)21)15(12)11-27-14-8-23-17(24-9-14)25-5-6-26-13(7-22)10-25/h2-4,8-9,13H,5-7,10-11,22H2,1H3/t13-/m1/s1. The Morgan fingerprint density at radius 3 is 2.70 bits per heavy atom. The van der Waals surface area contributed by atoms with Gasteiger partial charge in [-0.1, -0.05) is 12.1 Å². The van der Waals surface area contributed by atoms with Gasteiger partial charge in [0.2, 0.25) is 5.95 Å². The number of hydrogen-bond donors (Lipinski definition) is 1. The molecule has 0 unspecified atom stereocenters. The second-order valence-electron chi connectivity index (χ2n) is 6.28. The molecule has 0 amide bonds. The van der Waals surface area contributed by atoms with E-state index in [2.05, 4.69) is 9.97 Å². The van der Waals surface area contributed by atoms with E-state index in [1.807, 2.05) is 4.90 Å². The topological polar surface area (TPSA) is 73.5 Å². The molecule has 2 N–H and O–H groups in total. The molecule has 146 valence electrons. The van der Waals surface area contributed by atoms with Crippen LogP contribution in [0.4, 0.5) is 19.1 Å². The van der Waals surface area contributed by atoms with Crippen molar-refractivity contribution in [3.8, 4) is 5.75 Å². The summed E-state index contributed by atoms with van der Waals surface area (Å²) in [6.07, 6.45) is -1.58. The summed E-state index contributed by atoms with van der Waals surface area (Å²) in [7, 11) is 0. The van der Waals surface area contributed by atoms with Crippen LogP contribution >= 0.6 is 0 Å². The number of ether oxygens (including phenoxy) is 2. The van der Waals surface area contributed by atoms with Gasteiger partial charge in [0, 0.05) is 25.2 Å². The highest BCUT2D eigenvalue weighted by molar-refractivity contribution is 5.37. The maximum absolute atomic E-state index is 13.2. The predicted octanol–water partition coefficient (Wildman–Crippen LogP) is 2.55. The molecule has 6 nitrogen and oxygen atoms in total. The van der Waals surface area contributed by atoms with Gasteiger partial charge in [0.25, 0.3) is 0 Å². The number of halogens is 3. The first-order chi connectivity index (χ1) is 12.9. The molecule has 0 radical (unpaired) electrons. The van der Waals surface area contributed by atoms with E-state index in [1.165, 1.54) is 18.5 Å². The van der Waals surface area contributed by atoms with E-state index < -0.39 is 11.7 Å². The van der Waals surface area contributed by atoms with Gasteiger partial charge in [-0.15, -0.1) is 0 Å². The van der Waals surface area contributed by atoms with E-state index in [9.17, 15) is 13.2 Å². The van der Waals surface area contributed by atoms with Crippen molar-refractivity contribution in [3.05, 3.63) is 47.3 Å². The van der Waals surface area contributed by atoms with Crippen LogP contribution in [0.15, 0.2) is 30.6 Å². The summed E-state index contributed by atoms with van der Waals surface area (Å²) in [5.74, 6) is 0.815. The molecule has 0 spiro atoms. The lowest BCUT2D eigenvalue weighted by Crippen LogP contribution is -2.46. The molecular formula is C18H21F3N4O2. The van der Waals surface area contributed by atoms with Crippen molar-refractivity contribution in [2.24, 2.45) is 5.73 Å². The third-order valence-electron chi connectivity index (χ3n) is 4.40. The number of benzene rings is 1. The fourth-order valence-electron chi connectivity index (χ4n) is 2.91. The average molecular weight is 382 g/mol. The lowest BCUT2D eigenvalue weighted by Gasteiger charge is -2.32. The predicted molar refractivity (Wildman–Crippen MR) is 93.6 cm³/mol. The van der Waals surface area contributed by atoms with E-state index in [-0.39, 0.29) is 18.3 Å². The number of anilines is 1. The van der Waals surface area contributed by atoms with E-state index in [0.29, 0.717) is 43.5 Å². The van der Waals surface area contributed by atoms with Crippen molar-refractivity contribution in [1.82, 2.24) is 9.97 Å². The Balaban J connectivity index is 1.68. The summed E-state index contributed by atoms with van der Waals surface area (Å²) >= 11 is 0. The molecule has 9 heteroatoms. The maximum atomic E-state index is 13.2. The SMILES string of the molecule is Cc1cccc(C(F)(F)F)c1COc1cnc(N2CCO[C@H](CN)C2)nc1. The van der Waals surface area contributed by atoms with Crippen LogP contribution in [-0.4, -0.2) is 42.3 Å². The monoisotopic (exact) mass is 382 g/mol. The van der Waals surface area contributed by atoms with Crippen molar-refractivity contribution < 1.29 is 22.6 Å². The van der Waals surface area contributed by atoms with Crippen LogP contribution in [0.2, 0.25) is 0 Å². The largest absolute Gasteiger partial charge is 0.486 e. The van der Waals surface area contributed by atoms with Crippen LogP contribution in [0.3, 0.4) is 0 Å². The van der Waals surface area contributed by atoms with Crippen LogP contribution in [0.1, 0.15) is 16.7 Å². The normalized spacial score (nSPS) is 17.8. The Bertz CT molecular complexity index is 768. The molecule has 1 fully saturated rings. The number of morpholine rings is 1. The average Bonchev–Trinajstić information content (AvgIpc) is 2.66. The highest BCUT2D eigenvalue weighted by Crippen LogP contribution is 2.33. The van der Waals surface area contributed by atoms with Gasteiger partial charge in [0.05, 0.1) is 30.7 Å². The fourth-order valence-corrected chi connectivity index (χ4v) is 2.91. The lowest BCUT2D eigenvalue weighted by molar-refractivity contribution is -0.138. The second-order valence-corrected chi connectivity index (χ2v) is 6.28. The minimum Gasteiger partial charge on any atom is -0.486 e. The molecular weight excluding hydrogens is 361 g/mol. The summed E-state index contributed by atoms with van der Waals surface area (Å²) < 4.78 is 50.5. The third kappa shape index (κ3) is 4.67. The van der Waals surface area contributed by atoms with Crippen molar-refractivity contribution in [2.75, 3.05) is 31.1 Å². The van der Waals surface area contributed by atoms with Gasteiger partial charge >= 0.3 is 6.18 Å². The Morgan fingerprint density at radius 1 is 1.30 bits per heavy atom. The van der Waals surface area contributed by atoms with Crippen LogP contribution in [-0.2, 0) is 17.5 Å². The zero-order valence-electron chi connectivity index (χ0n) is 14.9. The van der Waals surface area contributed by atoms with Crippen LogP contribution < -0.4 is 15.4 Å². The Kier molecular flexibility index (Phi) is 5.81. The molecule has 1 saturated heterocycles. The van der Waals surface area contributed by atoms with Crippen LogP contribution in [0.25, 0.3) is 0 Å². The van der Waals surface area contributed by atoms with Crippen molar-refractivity contribution in [2.45, 2.75) is 25.8 Å². The van der Waals surface area contributed by atoms with Gasteiger partial charge in [-0.2, -0.15) is 13.2 Å². The molecule has 1 aromatic heterocycles. The first kappa shape index (κ1) is 19.4. The molecule has 0 saturated carbocycles. The summed E-state index contributed by atoms with van der Waals surface area (Å²) in [5.41, 5.74) is 5.55. The number of nitrogens with zero attached hydrogens (tertiary/aromatic N) is 3. The Hall–Kier alpha value is -2.39. The molecule has 1 aliphatic heterocycles. The minimum absolute atomic E-state index is 0.0693. The van der Waals surface area contributed by atoms with Crippen molar-refractivity contribution in [1.29, 1.82) is 0 Å². The lowest BCUT2D eigenvalue weighted by atomic mass is 10.0. The summed E-state index contributed by atoms with van der Waals surface area (Å²) in [5, 5.41) is 0. The molecule has 1 aromatic carbocycles. The number of aromatic nitrogens is 2. The smallest absolute Gasteiger partial charge is 0.416 e. The molecule has 1 aliphatic rings. The zero-order chi connectivity index (χ0) is 19.4. The van der Waals surface area contributed by atoms with Gasteiger partial charge in [-0.3, -0.25) is 0 Å². The molecule has 1 atom stereocenters. The summed E-state index contributed by atoms with van der Waals surface area (Å²) in [4.78, 5) is 10.4. The van der Waals surface area contributed by atoms with E-state index in [1.54, 1.807) is 13.0 Å². The number of nitrogens with two attached hydrogens (primary N) is 1. The van der Waals surface area contributed by atoms with Gasteiger partial charge < -0.3 is 20.1 Å². The summed E-state index contributed by atoms with van der Waals surface area (Å²) in [6.45, 7) is 3.60. The number of aryl methyl sites for hydroxylation is 1. The van der Waals surface area contributed by atoms with Gasteiger partial charge in [-0.05, 0) is 18.6 Å². The maximum Gasteiger partial charge on any atom is 0.416 e. The molecule has 27 heavy (non-hydrogen) atoms. The first-order valence-electron chi connectivity index (χ1n) is 8.55. The highest BCUT2D eigenvalue weighted by Gasteiger charge is 2.33. The van der Waals surface area contributed by atoms with Crippen molar-refractivity contribution >= 4 is 5.95 Å². The van der Waals surface area contributed by atoms with Crippen molar-refractivity contribution in [3.63, 3.8) is 0 Å². The second kappa shape index (κ2) is 8.10. The van der Waals surface area contributed by atoms with Gasteiger partial charge in [-0.25, -0.2) is 9.97 Å². The van der Waals surface area contributed by atoms with Crippen LogP contribution in [0, 0.1) is 6.92 Å². The minimum atomic E-state index is -4.43. The van der Waals surface area contributed by atoms with Gasteiger partial charge in [0.1, 0.15) is 6.61 Å². The van der Waals surface area contributed by atoms with E-state index in [0.717, 1.165) is 6.07 Å². The Labute approximate surface area is 155 Å². The third-order valence-corrected chi connectivity index (χ3v) is 4.40. The zero-order valence-corrected chi connectivity index (χ0v) is 14.9. The quantitative estimate of drug-likeness (QED) is 0.857. The number of rotatable bonds is 5. The van der Waals surface area contributed by atoms with E-state index in [4.69, 9.17) is 15.2 Å². The Morgan fingerprint density at radius 2 is 2.04 bits per heavy atom. The molecule has 0 bridgehead atoms. The molecule has 2 aromatic rings. The summed E-state index contributed by atoms with van der Waals surface area (Å²) in [6, 6.07) is 4.06. The molecule has 0 aliphatic carbocycles. The number of hydrogen-bond acceptors (Lipinski definition) is 6. The fraction of sp³-hybridized carbons (Fsp3) is 0.444. The number of alkyl halides is 3. The van der Waals surface area contributed by atoms with Crippen LogP contribution in [0.5, 0.6) is 5.75 Å². The van der Waals surface area contributed by atoms with E-state index >= 15 is 0 Å². The first-order valence-corrected chi connectivity index (χ1v) is 8.55.